The SMILES string of the molecule is COc1ccc(C(=O)/C=C/c2ccc(OCc3cn(C4C(=O)N(c5ccc(C)cc5)C4/C=C/c4ccccc4)nn3)c(OC)c2)cc1. The number of amides is 1. The van der Waals surface area contributed by atoms with Gasteiger partial charge in [0.25, 0.3) is 5.91 Å². The number of methoxy groups -OCH3 is 2. The molecule has 5 aromatic rings. The lowest BCUT2D eigenvalue weighted by atomic mass is 9.92. The standard InChI is InChI=1S/C38H34N4O5/c1-26-9-16-31(17-10-26)42-33(20-11-27-7-5-4-6-8-27)37(38(42)44)41-24-30(39-40-41)25-47-35-22-13-28(23-36(35)46-3)12-21-34(43)29-14-18-32(45-2)19-15-29/h4-24,33,37H,25H2,1-3H3/b20-11+,21-12+. The molecule has 1 aliphatic heterocycles. The van der Waals surface area contributed by atoms with E-state index in [0.717, 1.165) is 22.4 Å². The van der Waals surface area contributed by atoms with E-state index in [-0.39, 0.29) is 24.3 Å². The molecule has 47 heavy (non-hydrogen) atoms. The molecule has 9 nitrogen and oxygen atoms in total. The highest BCUT2D eigenvalue weighted by atomic mass is 16.5. The number of aromatic nitrogens is 3. The van der Waals surface area contributed by atoms with E-state index in [1.165, 1.54) is 6.08 Å². The number of β-lactam (4-membered cyclic amide) rings is 1. The van der Waals surface area contributed by atoms with E-state index < -0.39 is 6.04 Å². The second kappa shape index (κ2) is 14.0. The number of hydrogen-bond acceptors (Lipinski definition) is 7. The molecule has 2 atom stereocenters. The first kappa shape index (κ1) is 31.0. The Morgan fingerprint density at radius 1 is 0.851 bits per heavy atom. The van der Waals surface area contributed by atoms with Crippen molar-refractivity contribution in [2.45, 2.75) is 25.6 Å². The van der Waals surface area contributed by atoms with Crippen molar-refractivity contribution >= 4 is 29.5 Å². The maximum absolute atomic E-state index is 13.5. The molecule has 2 heterocycles. The summed E-state index contributed by atoms with van der Waals surface area (Å²) in [6.07, 6.45) is 9.03. The van der Waals surface area contributed by atoms with Gasteiger partial charge >= 0.3 is 0 Å². The minimum absolute atomic E-state index is 0.0651. The summed E-state index contributed by atoms with van der Waals surface area (Å²) in [5, 5.41) is 8.59. The molecule has 0 aliphatic carbocycles. The monoisotopic (exact) mass is 626 g/mol. The smallest absolute Gasteiger partial charge is 0.255 e. The number of nitrogens with zero attached hydrogens (tertiary/aromatic N) is 4. The van der Waals surface area contributed by atoms with Crippen LogP contribution >= 0.6 is 0 Å². The van der Waals surface area contributed by atoms with E-state index in [4.69, 9.17) is 14.2 Å². The van der Waals surface area contributed by atoms with E-state index in [1.54, 1.807) is 72.5 Å². The van der Waals surface area contributed by atoms with E-state index >= 15 is 0 Å². The zero-order chi connectivity index (χ0) is 32.8. The minimum atomic E-state index is -0.543. The molecule has 1 fully saturated rings. The van der Waals surface area contributed by atoms with Crippen LogP contribution in [-0.4, -0.2) is 46.9 Å². The second-order valence-corrected chi connectivity index (χ2v) is 11.1. The van der Waals surface area contributed by atoms with E-state index in [2.05, 4.69) is 10.3 Å². The number of rotatable bonds is 12. The van der Waals surface area contributed by atoms with Crippen LogP contribution < -0.4 is 19.1 Å². The molecule has 1 amide bonds. The van der Waals surface area contributed by atoms with Crippen molar-refractivity contribution in [3.05, 3.63) is 143 Å². The van der Waals surface area contributed by atoms with Crippen LogP contribution in [0.15, 0.2) is 115 Å². The number of ketones is 1. The Kier molecular flexibility index (Phi) is 9.24. The quantitative estimate of drug-likeness (QED) is 0.0859. The van der Waals surface area contributed by atoms with Crippen molar-refractivity contribution in [2.24, 2.45) is 0 Å². The van der Waals surface area contributed by atoms with Crippen LogP contribution in [-0.2, 0) is 11.4 Å². The minimum Gasteiger partial charge on any atom is -0.497 e. The maximum Gasteiger partial charge on any atom is 0.255 e. The van der Waals surface area contributed by atoms with E-state index in [1.807, 2.05) is 79.7 Å². The second-order valence-electron chi connectivity index (χ2n) is 11.1. The molecule has 0 spiro atoms. The zero-order valence-corrected chi connectivity index (χ0v) is 26.3. The largest absolute Gasteiger partial charge is 0.497 e. The number of hydrogen-bond donors (Lipinski definition) is 0. The summed E-state index contributed by atoms with van der Waals surface area (Å²) < 4.78 is 18.4. The molecular weight excluding hydrogens is 592 g/mol. The zero-order valence-electron chi connectivity index (χ0n) is 26.3. The van der Waals surface area contributed by atoms with Gasteiger partial charge in [-0.25, -0.2) is 4.68 Å². The lowest BCUT2D eigenvalue weighted by Crippen LogP contribution is -2.61. The molecule has 1 aliphatic rings. The number of carbonyl (C=O) groups excluding carboxylic acids is 2. The van der Waals surface area contributed by atoms with Gasteiger partial charge < -0.3 is 19.1 Å². The van der Waals surface area contributed by atoms with Crippen molar-refractivity contribution in [3.8, 4) is 17.2 Å². The highest BCUT2D eigenvalue weighted by molar-refractivity contribution is 6.07. The molecule has 4 aromatic carbocycles. The fourth-order valence-electron chi connectivity index (χ4n) is 5.33. The molecule has 2 unspecified atom stereocenters. The van der Waals surface area contributed by atoms with Crippen molar-refractivity contribution in [1.82, 2.24) is 15.0 Å². The molecule has 9 heteroatoms. The van der Waals surface area contributed by atoms with Crippen molar-refractivity contribution < 1.29 is 23.8 Å². The Labute approximate surface area is 273 Å². The van der Waals surface area contributed by atoms with Gasteiger partial charge in [-0.3, -0.25) is 9.59 Å². The summed E-state index contributed by atoms with van der Waals surface area (Å²) in [7, 11) is 3.14. The van der Waals surface area contributed by atoms with Gasteiger partial charge in [0, 0.05) is 11.3 Å². The number of benzene rings is 4. The summed E-state index contributed by atoms with van der Waals surface area (Å²) >= 11 is 0. The Balaban J connectivity index is 1.14. The van der Waals surface area contributed by atoms with Crippen LogP contribution in [0, 0.1) is 6.92 Å². The molecule has 0 bridgehead atoms. The topological polar surface area (TPSA) is 95.8 Å². The first-order valence-electron chi connectivity index (χ1n) is 15.1. The third kappa shape index (κ3) is 6.99. The third-order valence-electron chi connectivity index (χ3n) is 7.92. The molecule has 0 radical (unpaired) electrons. The molecule has 1 saturated heterocycles. The van der Waals surface area contributed by atoms with Gasteiger partial charge in [0.1, 0.15) is 18.1 Å². The summed E-state index contributed by atoms with van der Waals surface area (Å²) in [5.41, 5.74) is 4.90. The Hall–Kier alpha value is -5.96. The molecule has 1 aromatic heterocycles. The van der Waals surface area contributed by atoms with Gasteiger partial charge in [-0.2, -0.15) is 0 Å². The summed E-state index contributed by atoms with van der Waals surface area (Å²) in [4.78, 5) is 27.9. The summed E-state index contributed by atoms with van der Waals surface area (Å²) in [6, 6.07) is 29.4. The number of anilines is 1. The average Bonchev–Trinajstić information content (AvgIpc) is 3.57. The molecular formula is C38H34N4O5. The van der Waals surface area contributed by atoms with Crippen LogP contribution in [0.2, 0.25) is 0 Å². The maximum atomic E-state index is 13.5. The fourth-order valence-corrected chi connectivity index (χ4v) is 5.33. The van der Waals surface area contributed by atoms with Gasteiger partial charge in [-0.05, 0) is 72.7 Å². The van der Waals surface area contributed by atoms with Gasteiger partial charge in [-0.1, -0.05) is 77.5 Å². The molecule has 236 valence electrons. The Bertz CT molecular complexity index is 1910. The number of allylic oxidation sites excluding steroid dienone is 1. The summed E-state index contributed by atoms with van der Waals surface area (Å²) in [5.74, 6) is 1.51. The third-order valence-corrected chi connectivity index (χ3v) is 7.92. The van der Waals surface area contributed by atoms with E-state index in [9.17, 15) is 9.59 Å². The van der Waals surface area contributed by atoms with Crippen molar-refractivity contribution in [1.29, 1.82) is 0 Å². The molecule has 0 saturated carbocycles. The van der Waals surface area contributed by atoms with Gasteiger partial charge in [0.15, 0.2) is 23.3 Å². The predicted molar refractivity (Wildman–Crippen MR) is 181 cm³/mol. The Morgan fingerprint density at radius 2 is 1.62 bits per heavy atom. The van der Waals surface area contributed by atoms with Gasteiger partial charge in [-0.15, -0.1) is 5.10 Å². The lowest BCUT2D eigenvalue weighted by molar-refractivity contribution is -0.128. The Morgan fingerprint density at radius 3 is 2.34 bits per heavy atom. The predicted octanol–water partition coefficient (Wildman–Crippen LogP) is 6.75. The van der Waals surface area contributed by atoms with Crippen LogP contribution in [0.25, 0.3) is 12.2 Å². The highest BCUT2D eigenvalue weighted by Gasteiger charge is 2.48. The molecule has 6 rings (SSSR count). The summed E-state index contributed by atoms with van der Waals surface area (Å²) in [6.45, 7) is 2.14. The highest BCUT2D eigenvalue weighted by Crippen LogP contribution is 2.37. The van der Waals surface area contributed by atoms with Crippen molar-refractivity contribution in [3.63, 3.8) is 0 Å². The first-order chi connectivity index (χ1) is 22.9. The number of ether oxygens (including phenoxy) is 3. The number of carbonyl (C=O) groups is 2. The van der Waals surface area contributed by atoms with Gasteiger partial charge in [0.2, 0.25) is 0 Å². The van der Waals surface area contributed by atoms with Crippen molar-refractivity contribution in [2.75, 3.05) is 19.1 Å². The lowest BCUT2D eigenvalue weighted by Gasteiger charge is -2.45. The van der Waals surface area contributed by atoms with Crippen LogP contribution in [0.1, 0.15) is 38.8 Å². The van der Waals surface area contributed by atoms with Crippen LogP contribution in [0.5, 0.6) is 17.2 Å². The fraction of sp³-hybridized carbons (Fsp3) is 0.158. The normalized spacial score (nSPS) is 16.0. The van der Waals surface area contributed by atoms with Gasteiger partial charge in [0.05, 0.1) is 26.5 Å². The molecule has 0 N–H and O–H groups in total. The number of aryl methyl sites for hydroxylation is 1. The first-order valence-corrected chi connectivity index (χ1v) is 15.1. The van der Waals surface area contributed by atoms with E-state index in [0.29, 0.717) is 28.5 Å². The van der Waals surface area contributed by atoms with Crippen LogP contribution in [0.4, 0.5) is 5.69 Å². The average molecular weight is 627 g/mol. The van der Waals surface area contributed by atoms with Crippen LogP contribution in [0.3, 0.4) is 0 Å².